The molecule has 0 aliphatic carbocycles. The third kappa shape index (κ3) is 6.46. The van der Waals surface area contributed by atoms with Gasteiger partial charge in [0, 0.05) is 42.0 Å². The maximum Gasteiger partial charge on any atom is 0.277 e. The number of allylic oxidation sites excluding steroid dienone is 2. The van der Waals surface area contributed by atoms with E-state index in [4.69, 9.17) is 16.3 Å². The fraction of sp³-hybridized carbons (Fsp3) is 0.231. The van der Waals surface area contributed by atoms with Gasteiger partial charge >= 0.3 is 0 Å². The van der Waals surface area contributed by atoms with Crippen LogP contribution in [0.25, 0.3) is 6.20 Å². The van der Waals surface area contributed by atoms with Crippen LogP contribution in [0.2, 0.25) is 5.02 Å². The summed E-state index contributed by atoms with van der Waals surface area (Å²) in [6.45, 7) is 6.01. The highest BCUT2D eigenvalue weighted by Crippen LogP contribution is 2.23. The number of aryl methyl sites for hydroxylation is 1. The molecule has 0 saturated heterocycles. The van der Waals surface area contributed by atoms with Gasteiger partial charge < -0.3 is 9.84 Å². The summed E-state index contributed by atoms with van der Waals surface area (Å²) in [4.78, 5) is 33.9. The number of aromatic nitrogens is 3. The number of pyridine rings is 3. The molecule has 3 aromatic rings. The molecule has 3 heterocycles. The smallest absolute Gasteiger partial charge is 0.277 e. The lowest BCUT2D eigenvalue weighted by Gasteiger charge is -2.18. The predicted octanol–water partition coefficient (Wildman–Crippen LogP) is 4.40. The monoisotopic (exact) mass is 530 g/mol. The van der Waals surface area contributed by atoms with Crippen LogP contribution in [0.15, 0.2) is 69.6 Å². The predicted molar refractivity (Wildman–Crippen MR) is 138 cm³/mol. The number of halogens is 3. The molecule has 0 unspecified atom stereocenters. The molecule has 0 atom stereocenters. The number of hydrogen-bond donors (Lipinski definition) is 1. The highest BCUT2D eigenvalue weighted by molar-refractivity contribution is 6.31. The molecule has 3 aromatic heterocycles. The van der Waals surface area contributed by atoms with Crippen LogP contribution in [-0.4, -0.2) is 25.1 Å². The van der Waals surface area contributed by atoms with Crippen molar-refractivity contribution in [2.24, 2.45) is 4.99 Å². The molecule has 0 saturated carbocycles. The van der Waals surface area contributed by atoms with Gasteiger partial charge in [-0.15, -0.1) is 0 Å². The van der Waals surface area contributed by atoms with Crippen molar-refractivity contribution >= 4 is 23.6 Å². The Kier molecular flexibility index (Phi) is 8.57. The van der Waals surface area contributed by atoms with E-state index in [1.807, 2.05) is 0 Å². The maximum absolute atomic E-state index is 13.9. The van der Waals surface area contributed by atoms with Crippen LogP contribution in [0.1, 0.15) is 37.7 Å². The van der Waals surface area contributed by atoms with Gasteiger partial charge in [0.1, 0.15) is 34.7 Å². The third-order valence-corrected chi connectivity index (χ3v) is 5.52. The van der Waals surface area contributed by atoms with Crippen LogP contribution in [0.5, 0.6) is 5.75 Å². The van der Waals surface area contributed by atoms with E-state index in [2.05, 4.69) is 9.98 Å². The SMILES string of the molecule is C/C=C/N=C(\C=C\n1c(C)cc(OCc2ncc(F)cc2F)c(Cl)c1=O)n1cccc(C(C)(C)O)c1=O. The van der Waals surface area contributed by atoms with Crippen LogP contribution in [0, 0.1) is 18.6 Å². The third-order valence-electron chi connectivity index (χ3n) is 5.17. The van der Waals surface area contributed by atoms with Gasteiger partial charge in [0.15, 0.2) is 5.82 Å². The molecule has 11 heteroatoms. The Morgan fingerprint density at radius 3 is 2.65 bits per heavy atom. The normalized spacial score (nSPS) is 12.6. The number of rotatable bonds is 7. The van der Waals surface area contributed by atoms with Gasteiger partial charge in [0.2, 0.25) is 0 Å². The van der Waals surface area contributed by atoms with E-state index in [-0.39, 0.29) is 34.5 Å². The Labute approximate surface area is 216 Å². The minimum atomic E-state index is -1.38. The van der Waals surface area contributed by atoms with Crippen molar-refractivity contribution in [2.45, 2.75) is 39.9 Å². The van der Waals surface area contributed by atoms with E-state index in [9.17, 15) is 23.5 Å². The topological polar surface area (TPSA) is 98.7 Å². The highest BCUT2D eigenvalue weighted by Gasteiger charge is 2.21. The van der Waals surface area contributed by atoms with Crippen molar-refractivity contribution < 1.29 is 18.6 Å². The molecule has 194 valence electrons. The second-order valence-corrected chi connectivity index (χ2v) is 8.83. The highest BCUT2D eigenvalue weighted by atomic mass is 35.5. The molecule has 0 aromatic carbocycles. The standard InChI is InChI=1S/C26H25ClF2N4O4/c1-5-9-30-22(33-10-6-7-18(24(33)34)26(3,4)36)8-11-32-16(2)12-21(23(27)25(32)35)37-15-20-19(29)13-17(28)14-31-20/h5-14,36H,15H2,1-4H3/b9-5+,11-8+,30-22+. The van der Waals surface area contributed by atoms with Crippen molar-refractivity contribution in [3.8, 4) is 5.75 Å². The fourth-order valence-corrected chi connectivity index (χ4v) is 3.50. The molecule has 0 aliphatic heterocycles. The van der Waals surface area contributed by atoms with Crippen molar-refractivity contribution in [3.63, 3.8) is 0 Å². The first kappa shape index (κ1) is 27.7. The van der Waals surface area contributed by atoms with Gasteiger partial charge in [-0.1, -0.05) is 17.7 Å². The first-order valence-electron chi connectivity index (χ1n) is 11.1. The summed E-state index contributed by atoms with van der Waals surface area (Å²) in [5, 5.41) is 10.1. The van der Waals surface area contributed by atoms with E-state index in [0.29, 0.717) is 11.8 Å². The minimum Gasteiger partial charge on any atom is -0.485 e. The van der Waals surface area contributed by atoms with Crippen molar-refractivity contribution in [1.29, 1.82) is 0 Å². The molecule has 0 aliphatic rings. The Morgan fingerprint density at radius 1 is 1.27 bits per heavy atom. The average Bonchev–Trinajstić information content (AvgIpc) is 2.83. The zero-order valence-corrected chi connectivity index (χ0v) is 21.3. The molecule has 0 fully saturated rings. The Bertz CT molecular complexity index is 1520. The number of hydrogen-bond acceptors (Lipinski definition) is 6. The van der Waals surface area contributed by atoms with Gasteiger partial charge in [-0.05, 0) is 45.9 Å². The zero-order chi connectivity index (χ0) is 27.3. The van der Waals surface area contributed by atoms with Gasteiger partial charge in [0.05, 0.1) is 11.8 Å². The quantitative estimate of drug-likeness (QED) is 0.360. The Balaban J connectivity index is 1.97. The molecule has 0 spiro atoms. The Morgan fingerprint density at radius 2 is 2.00 bits per heavy atom. The van der Waals surface area contributed by atoms with Crippen LogP contribution >= 0.6 is 11.6 Å². The van der Waals surface area contributed by atoms with E-state index in [1.54, 1.807) is 26.0 Å². The summed E-state index contributed by atoms with van der Waals surface area (Å²) in [5.74, 6) is -1.54. The number of ether oxygens (including phenoxy) is 1. The lowest BCUT2D eigenvalue weighted by Crippen LogP contribution is -2.34. The van der Waals surface area contributed by atoms with E-state index < -0.39 is 28.4 Å². The zero-order valence-electron chi connectivity index (χ0n) is 20.6. The first-order valence-corrected chi connectivity index (χ1v) is 11.5. The fourth-order valence-electron chi connectivity index (χ4n) is 3.30. The minimum absolute atomic E-state index is 0.00348. The lowest BCUT2D eigenvalue weighted by molar-refractivity contribution is 0.0768. The van der Waals surface area contributed by atoms with Crippen LogP contribution in [-0.2, 0) is 12.2 Å². The molecule has 0 bridgehead atoms. The second kappa shape index (κ2) is 11.4. The van der Waals surface area contributed by atoms with E-state index in [0.717, 1.165) is 6.20 Å². The summed E-state index contributed by atoms with van der Waals surface area (Å²) in [6, 6.07) is 5.28. The molecule has 1 N–H and O–H groups in total. The summed E-state index contributed by atoms with van der Waals surface area (Å²) in [7, 11) is 0. The number of aliphatic hydroxyl groups is 1. The second-order valence-electron chi connectivity index (χ2n) is 8.45. The summed E-state index contributed by atoms with van der Waals surface area (Å²) in [5.41, 5.74) is -2.06. The molecular formula is C26H25ClF2N4O4. The van der Waals surface area contributed by atoms with Crippen LogP contribution in [0.4, 0.5) is 8.78 Å². The average molecular weight is 531 g/mol. The van der Waals surface area contributed by atoms with Gasteiger partial charge in [-0.3, -0.25) is 23.7 Å². The molecule has 0 radical (unpaired) electrons. The maximum atomic E-state index is 13.9. The lowest BCUT2D eigenvalue weighted by atomic mass is 10.0. The Hall–Kier alpha value is -3.89. The van der Waals surface area contributed by atoms with Gasteiger partial charge in [-0.2, -0.15) is 0 Å². The number of nitrogens with zero attached hydrogens (tertiary/aromatic N) is 4. The first-order chi connectivity index (χ1) is 17.4. The van der Waals surface area contributed by atoms with Crippen LogP contribution < -0.4 is 15.9 Å². The largest absolute Gasteiger partial charge is 0.485 e. The molecule has 8 nitrogen and oxygen atoms in total. The van der Waals surface area contributed by atoms with Crippen LogP contribution in [0.3, 0.4) is 0 Å². The summed E-state index contributed by atoms with van der Waals surface area (Å²) >= 11 is 6.22. The number of aliphatic imine (C=N–C) groups is 1. The molecule has 0 amide bonds. The van der Waals surface area contributed by atoms with Crippen molar-refractivity contribution in [3.05, 3.63) is 109 Å². The van der Waals surface area contributed by atoms with Gasteiger partial charge in [0.25, 0.3) is 11.1 Å². The van der Waals surface area contributed by atoms with Gasteiger partial charge in [-0.25, -0.2) is 13.8 Å². The van der Waals surface area contributed by atoms with Crippen molar-refractivity contribution in [1.82, 2.24) is 14.1 Å². The van der Waals surface area contributed by atoms with E-state index in [1.165, 1.54) is 59.8 Å². The molecule has 37 heavy (non-hydrogen) atoms. The summed E-state index contributed by atoms with van der Waals surface area (Å²) in [6.07, 6.45) is 8.32. The molecule has 3 rings (SSSR count). The summed E-state index contributed by atoms with van der Waals surface area (Å²) < 4.78 is 34.9. The van der Waals surface area contributed by atoms with E-state index >= 15 is 0 Å². The molecular weight excluding hydrogens is 506 g/mol. The van der Waals surface area contributed by atoms with Crippen molar-refractivity contribution in [2.75, 3.05) is 0 Å².